The van der Waals surface area contributed by atoms with Crippen molar-refractivity contribution in [2.24, 2.45) is 28.9 Å². The first kappa shape index (κ1) is 23.0. The van der Waals surface area contributed by atoms with Crippen LogP contribution in [-0.2, 0) is 16.0 Å². The average Bonchev–Trinajstić information content (AvgIpc) is 2.77. The number of anilines is 1. The molecule has 4 aliphatic carbocycles. The van der Waals surface area contributed by atoms with Gasteiger partial charge in [0.1, 0.15) is 0 Å². The highest BCUT2D eigenvalue weighted by Crippen LogP contribution is 2.60. The van der Waals surface area contributed by atoms with Crippen molar-refractivity contribution in [3.63, 3.8) is 0 Å². The molecule has 1 aromatic carbocycles. The van der Waals surface area contributed by atoms with Crippen molar-refractivity contribution in [1.29, 1.82) is 0 Å². The molecule has 33 heavy (non-hydrogen) atoms. The lowest BCUT2D eigenvalue weighted by atomic mass is 9.47. The molecule has 5 aliphatic rings. The molecule has 4 bridgehead atoms. The number of aryl methyl sites for hydroxylation is 1. The van der Waals surface area contributed by atoms with Crippen molar-refractivity contribution in [3.8, 4) is 0 Å². The van der Waals surface area contributed by atoms with Crippen molar-refractivity contribution in [1.82, 2.24) is 9.62 Å². The molecule has 5 N–H and O–H groups in total. The van der Waals surface area contributed by atoms with Gasteiger partial charge in [-0.3, -0.25) is 23.0 Å². The zero-order chi connectivity index (χ0) is 23.4. The lowest BCUT2D eigenvalue weighted by Crippen LogP contribution is -2.62. The largest absolute Gasteiger partial charge is 0.369 e. The average molecular weight is 477 g/mol. The number of nitrogens with one attached hydrogen (secondary N) is 1. The normalized spacial score (nSPS) is 35.9. The van der Waals surface area contributed by atoms with Gasteiger partial charge < -0.3 is 11.1 Å². The smallest absolute Gasteiger partial charge is 0.236 e. The number of carbonyl (C=O) groups excluding carboxylic acids is 2. The fourth-order valence-corrected chi connectivity index (χ4v) is 8.96. The number of hydrogen-bond acceptors (Lipinski definition) is 6. The monoisotopic (exact) mass is 476 g/mol. The lowest BCUT2D eigenvalue weighted by Gasteiger charge is -2.59. The van der Waals surface area contributed by atoms with E-state index in [2.05, 4.69) is 5.32 Å². The van der Waals surface area contributed by atoms with Crippen molar-refractivity contribution < 1.29 is 18.7 Å². The minimum atomic E-state index is -3.28. The molecule has 0 aromatic heterocycles. The maximum atomic E-state index is 13.1. The second-order valence-corrected chi connectivity index (χ2v) is 12.4. The first-order chi connectivity index (χ1) is 15.7. The van der Waals surface area contributed by atoms with Gasteiger partial charge in [-0.1, -0.05) is 25.1 Å². The summed E-state index contributed by atoms with van der Waals surface area (Å²) in [6.07, 6.45) is 6.05. The van der Waals surface area contributed by atoms with E-state index >= 15 is 0 Å². The van der Waals surface area contributed by atoms with Crippen molar-refractivity contribution in [2.75, 3.05) is 23.9 Å². The number of hydrogen-bond donors (Lipinski definition) is 4. The standard InChI is InChI=1S/C24H36N4O4S/c1-2-17-6-3-4-7-20(17)28-9-5-8-27(33(28,31)32)15-21(29)26-22-18-10-16-11-19(22)14-24(12-16,13-18)23(25)30/h3-4,6-7,16,18-19,22,31-32H,2,5,8-15H2,1H3,(H2,25,30)(H,26,29). The topological polar surface area (TPSA) is 119 Å². The van der Waals surface area contributed by atoms with E-state index in [4.69, 9.17) is 5.73 Å². The Morgan fingerprint density at radius 3 is 2.52 bits per heavy atom. The number of para-hydroxylation sites is 1. The Kier molecular flexibility index (Phi) is 5.87. The predicted molar refractivity (Wildman–Crippen MR) is 129 cm³/mol. The molecule has 1 aromatic rings. The van der Waals surface area contributed by atoms with Gasteiger partial charge >= 0.3 is 0 Å². The summed E-state index contributed by atoms with van der Waals surface area (Å²) < 4.78 is 25.6. The van der Waals surface area contributed by atoms with Crippen LogP contribution in [0.3, 0.4) is 0 Å². The van der Waals surface area contributed by atoms with Gasteiger partial charge in [0.2, 0.25) is 11.8 Å². The Morgan fingerprint density at radius 2 is 1.85 bits per heavy atom. The fourth-order valence-electron chi connectivity index (χ4n) is 7.20. The van der Waals surface area contributed by atoms with Crippen molar-refractivity contribution in [3.05, 3.63) is 29.8 Å². The first-order valence-electron chi connectivity index (χ1n) is 12.2. The molecule has 182 valence electrons. The van der Waals surface area contributed by atoms with E-state index in [1.807, 2.05) is 31.2 Å². The number of primary amides is 1. The van der Waals surface area contributed by atoms with Crippen LogP contribution in [0, 0.1) is 23.2 Å². The molecule has 9 heteroatoms. The van der Waals surface area contributed by atoms with Gasteiger partial charge in [0, 0.05) is 24.5 Å². The van der Waals surface area contributed by atoms with E-state index in [0.717, 1.165) is 56.2 Å². The van der Waals surface area contributed by atoms with Gasteiger partial charge in [-0.25, -0.2) is 0 Å². The molecule has 6 rings (SSSR count). The molecular weight excluding hydrogens is 440 g/mol. The molecule has 8 nitrogen and oxygen atoms in total. The Hall–Kier alpha value is -1.81. The number of nitrogens with zero attached hydrogens (tertiary/aromatic N) is 2. The predicted octanol–water partition coefficient (Wildman–Crippen LogP) is 3.14. The maximum Gasteiger partial charge on any atom is 0.236 e. The van der Waals surface area contributed by atoms with Crippen LogP contribution in [0.25, 0.3) is 0 Å². The van der Waals surface area contributed by atoms with Crippen LogP contribution in [0.15, 0.2) is 24.3 Å². The van der Waals surface area contributed by atoms with Crippen LogP contribution in [0.1, 0.15) is 51.0 Å². The Bertz CT molecular complexity index is 925. The zero-order valence-electron chi connectivity index (χ0n) is 19.3. The summed E-state index contributed by atoms with van der Waals surface area (Å²) in [7, 11) is -3.28. The molecular formula is C24H36N4O4S. The van der Waals surface area contributed by atoms with E-state index in [0.29, 0.717) is 19.0 Å². The number of nitrogens with two attached hydrogens (primary N) is 1. The van der Waals surface area contributed by atoms with Crippen LogP contribution in [0.5, 0.6) is 0 Å². The summed E-state index contributed by atoms with van der Waals surface area (Å²) in [4.78, 5) is 25.3. The quantitative estimate of drug-likeness (QED) is 0.501. The van der Waals surface area contributed by atoms with Gasteiger partial charge in [0.15, 0.2) is 0 Å². The second kappa shape index (κ2) is 8.45. The highest BCUT2D eigenvalue weighted by Gasteiger charge is 2.58. The van der Waals surface area contributed by atoms with E-state index in [1.165, 1.54) is 4.31 Å². The van der Waals surface area contributed by atoms with Crippen LogP contribution in [-0.4, -0.2) is 50.9 Å². The van der Waals surface area contributed by atoms with Crippen molar-refractivity contribution in [2.45, 2.75) is 57.9 Å². The van der Waals surface area contributed by atoms with E-state index < -0.39 is 11.0 Å². The van der Waals surface area contributed by atoms with Gasteiger partial charge in [-0.05, 0) is 85.3 Å². The molecule has 5 fully saturated rings. The Morgan fingerprint density at radius 1 is 1.15 bits per heavy atom. The molecule has 4 saturated carbocycles. The molecule has 2 unspecified atom stereocenters. The summed E-state index contributed by atoms with van der Waals surface area (Å²) in [6.45, 7) is 3.01. The highest BCUT2D eigenvalue weighted by molar-refractivity contribution is 8.23. The third-order valence-electron chi connectivity index (χ3n) is 8.50. The lowest BCUT2D eigenvalue weighted by molar-refractivity contribution is -0.147. The van der Waals surface area contributed by atoms with Crippen LogP contribution in [0.4, 0.5) is 5.69 Å². The van der Waals surface area contributed by atoms with Gasteiger partial charge in [0.25, 0.3) is 0 Å². The van der Waals surface area contributed by atoms with Crippen LogP contribution < -0.4 is 15.4 Å². The summed E-state index contributed by atoms with van der Waals surface area (Å²) in [5.41, 5.74) is 7.28. The molecule has 2 atom stereocenters. The molecule has 1 saturated heterocycles. The first-order valence-corrected chi connectivity index (χ1v) is 13.7. The summed E-state index contributed by atoms with van der Waals surface area (Å²) in [5, 5.41) is 3.22. The van der Waals surface area contributed by atoms with E-state index in [-0.39, 0.29) is 41.7 Å². The second-order valence-electron chi connectivity index (χ2n) is 10.5. The highest BCUT2D eigenvalue weighted by atomic mass is 32.3. The van der Waals surface area contributed by atoms with Crippen molar-refractivity contribution >= 4 is 28.5 Å². The van der Waals surface area contributed by atoms with Gasteiger partial charge in [0.05, 0.1) is 12.2 Å². The fraction of sp³-hybridized carbons (Fsp3) is 0.667. The van der Waals surface area contributed by atoms with Crippen LogP contribution >= 0.6 is 11.0 Å². The van der Waals surface area contributed by atoms with E-state index in [1.54, 1.807) is 4.31 Å². The van der Waals surface area contributed by atoms with E-state index in [9.17, 15) is 18.7 Å². The third-order valence-corrected chi connectivity index (χ3v) is 10.5. The third kappa shape index (κ3) is 3.92. The summed E-state index contributed by atoms with van der Waals surface area (Å²) >= 11 is 0. The maximum absolute atomic E-state index is 13.1. The van der Waals surface area contributed by atoms with Crippen LogP contribution in [0.2, 0.25) is 0 Å². The SMILES string of the molecule is CCc1ccccc1N1CCCN(CC(=O)NC2C3CC4CC2CC(C(N)=O)(C4)C3)S1(O)O. The summed E-state index contributed by atoms with van der Waals surface area (Å²) in [5.74, 6) is 0.738. The molecule has 2 amide bonds. The summed E-state index contributed by atoms with van der Waals surface area (Å²) in [6, 6.07) is 7.82. The van der Waals surface area contributed by atoms with Gasteiger partial charge in [-0.15, -0.1) is 0 Å². The molecule has 0 radical (unpaired) electrons. The number of amides is 2. The molecule has 1 aliphatic heterocycles. The minimum Gasteiger partial charge on any atom is -0.369 e. The number of benzene rings is 1. The number of carbonyl (C=O) groups is 2. The zero-order valence-corrected chi connectivity index (χ0v) is 20.1. The number of rotatable bonds is 6. The molecule has 0 spiro atoms. The Labute approximate surface area is 197 Å². The minimum absolute atomic E-state index is 0.0463. The molecule has 1 heterocycles. The van der Waals surface area contributed by atoms with Gasteiger partial charge in [-0.2, -0.15) is 4.31 Å². The Balaban J connectivity index is 1.27.